The third-order valence-corrected chi connectivity index (χ3v) is 4.77. The Labute approximate surface area is 153 Å². The van der Waals surface area contributed by atoms with E-state index in [-0.39, 0.29) is 17.5 Å². The highest BCUT2D eigenvalue weighted by atomic mass is 19.4. The van der Waals surface area contributed by atoms with E-state index in [1.807, 2.05) is 0 Å². The van der Waals surface area contributed by atoms with Crippen molar-refractivity contribution >= 4 is 5.91 Å². The number of benzene rings is 1. The van der Waals surface area contributed by atoms with Gasteiger partial charge in [-0.25, -0.2) is 0 Å². The fourth-order valence-corrected chi connectivity index (χ4v) is 3.44. The van der Waals surface area contributed by atoms with Gasteiger partial charge in [0, 0.05) is 36.0 Å². The Morgan fingerprint density at radius 2 is 2.07 bits per heavy atom. The zero-order valence-corrected chi connectivity index (χ0v) is 14.3. The zero-order chi connectivity index (χ0) is 19.2. The minimum Gasteiger partial charge on any atom is -0.402 e. The van der Waals surface area contributed by atoms with Crippen LogP contribution in [-0.4, -0.2) is 22.2 Å². The number of amides is 1. The van der Waals surface area contributed by atoms with Gasteiger partial charge < -0.3 is 11.1 Å². The summed E-state index contributed by atoms with van der Waals surface area (Å²) in [5.74, 6) is -0.204. The number of alkyl halides is 3. The highest BCUT2D eigenvalue weighted by molar-refractivity contribution is 5.97. The van der Waals surface area contributed by atoms with Gasteiger partial charge >= 0.3 is 6.18 Å². The van der Waals surface area contributed by atoms with Crippen LogP contribution in [0.25, 0.3) is 11.1 Å². The lowest BCUT2D eigenvalue weighted by Gasteiger charge is -2.17. The molecule has 1 aromatic carbocycles. The molecule has 2 heterocycles. The molecule has 27 heavy (non-hydrogen) atoms. The maximum absolute atomic E-state index is 13.6. The molecule has 0 saturated heterocycles. The van der Waals surface area contributed by atoms with Gasteiger partial charge in [-0.15, -0.1) is 0 Å². The van der Waals surface area contributed by atoms with E-state index in [0.29, 0.717) is 36.2 Å². The van der Waals surface area contributed by atoms with E-state index >= 15 is 0 Å². The number of hydrogen-bond acceptors (Lipinski definition) is 3. The second-order valence-electron chi connectivity index (χ2n) is 6.64. The summed E-state index contributed by atoms with van der Waals surface area (Å²) in [5, 5.41) is 6.55. The van der Waals surface area contributed by atoms with Gasteiger partial charge in [0.15, 0.2) is 5.69 Å². The van der Waals surface area contributed by atoms with Gasteiger partial charge in [0.2, 0.25) is 0 Å². The van der Waals surface area contributed by atoms with Crippen molar-refractivity contribution in [2.24, 2.45) is 5.73 Å². The van der Waals surface area contributed by atoms with Crippen molar-refractivity contribution in [2.75, 3.05) is 6.54 Å². The van der Waals surface area contributed by atoms with Crippen LogP contribution in [0.1, 0.15) is 34.1 Å². The van der Waals surface area contributed by atoms with Crippen LogP contribution in [0.3, 0.4) is 0 Å². The lowest BCUT2D eigenvalue weighted by Crippen LogP contribution is -2.31. The molecule has 2 aromatic rings. The number of nitrogens with zero attached hydrogens (tertiary/aromatic N) is 2. The van der Waals surface area contributed by atoms with Gasteiger partial charge in [-0.3, -0.25) is 9.48 Å². The quantitative estimate of drug-likeness (QED) is 0.848. The SMILES string of the molecule is NC1=CC=CC(n2cc(-c3ccc4c(c3)CCNC4=O)c(C(F)(F)F)n2)C1. The van der Waals surface area contributed by atoms with E-state index in [1.54, 1.807) is 30.4 Å². The molecule has 1 atom stereocenters. The van der Waals surface area contributed by atoms with Crippen molar-refractivity contribution < 1.29 is 18.0 Å². The second kappa shape index (κ2) is 6.29. The number of aromatic nitrogens is 2. The molecule has 3 N–H and O–H groups in total. The molecule has 0 fully saturated rings. The average molecular weight is 374 g/mol. The third kappa shape index (κ3) is 3.22. The van der Waals surface area contributed by atoms with E-state index in [4.69, 9.17) is 5.73 Å². The van der Waals surface area contributed by atoms with Crippen molar-refractivity contribution in [1.29, 1.82) is 0 Å². The van der Waals surface area contributed by atoms with E-state index in [9.17, 15) is 18.0 Å². The first kappa shape index (κ1) is 17.4. The Morgan fingerprint density at radius 3 is 2.81 bits per heavy atom. The molecule has 1 unspecified atom stereocenters. The van der Waals surface area contributed by atoms with E-state index in [1.165, 1.54) is 16.9 Å². The Balaban J connectivity index is 1.79. The summed E-state index contributed by atoms with van der Waals surface area (Å²) in [6.45, 7) is 0.471. The van der Waals surface area contributed by atoms with Crippen molar-refractivity contribution in [3.05, 3.63) is 65.1 Å². The summed E-state index contributed by atoms with van der Waals surface area (Å²) in [5.41, 5.74) is 7.08. The molecule has 2 aliphatic rings. The van der Waals surface area contributed by atoms with Gasteiger partial charge in [0.05, 0.1) is 6.04 Å². The number of allylic oxidation sites excluding steroid dienone is 4. The molecule has 1 aliphatic heterocycles. The maximum Gasteiger partial charge on any atom is 0.435 e. The highest BCUT2D eigenvalue weighted by Gasteiger charge is 2.38. The minimum absolute atomic E-state index is 0.00203. The Kier molecular flexibility index (Phi) is 4.05. The molecule has 5 nitrogen and oxygen atoms in total. The van der Waals surface area contributed by atoms with Crippen LogP contribution < -0.4 is 11.1 Å². The number of nitrogens with one attached hydrogen (secondary N) is 1. The lowest BCUT2D eigenvalue weighted by atomic mass is 9.95. The lowest BCUT2D eigenvalue weighted by molar-refractivity contribution is -0.141. The number of hydrogen-bond donors (Lipinski definition) is 2. The molecular weight excluding hydrogens is 357 g/mol. The van der Waals surface area contributed by atoms with E-state index in [0.717, 1.165) is 5.56 Å². The molecule has 8 heteroatoms. The van der Waals surface area contributed by atoms with Crippen LogP contribution in [0.4, 0.5) is 13.2 Å². The first-order valence-corrected chi connectivity index (χ1v) is 8.53. The molecule has 0 bridgehead atoms. The van der Waals surface area contributed by atoms with E-state index in [2.05, 4.69) is 10.4 Å². The van der Waals surface area contributed by atoms with Crippen LogP contribution in [0.15, 0.2) is 48.3 Å². The van der Waals surface area contributed by atoms with Gasteiger partial charge in [-0.1, -0.05) is 24.3 Å². The first-order chi connectivity index (χ1) is 12.8. The van der Waals surface area contributed by atoms with Crippen LogP contribution in [0, 0.1) is 0 Å². The minimum atomic E-state index is -4.59. The molecule has 1 aromatic heterocycles. The van der Waals surface area contributed by atoms with Gasteiger partial charge in [-0.05, 0) is 29.7 Å². The van der Waals surface area contributed by atoms with Crippen molar-refractivity contribution in [3.63, 3.8) is 0 Å². The van der Waals surface area contributed by atoms with Crippen molar-refractivity contribution in [1.82, 2.24) is 15.1 Å². The molecule has 1 amide bonds. The number of rotatable bonds is 2. The molecular formula is C19H17F3N4O. The summed E-state index contributed by atoms with van der Waals surface area (Å²) >= 11 is 0. The molecule has 0 spiro atoms. The van der Waals surface area contributed by atoms with Crippen LogP contribution >= 0.6 is 0 Å². The van der Waals surface area contributed by atoms with Gasteiger partial charge in [-0.2, -0.15) is 18.3 Å². The van der Waals surface area contributed by atoms with Gasteiger partial charge in [0.1, 0.15) is 0 Å². The molecule has 0 radical (unpaired) electrons. The second-order valence-corrected chi connectivity index (χ2v) is 6.64. The molecule has 1 aliphatic carbocycles. The topological polar surface area (TPSA) is 72.9 Å². The standard InChI is InChI=1S/C19H17F3N4O/c20-19(21,22)17-16(10-26(25-17)14-3-1-2-13(23)9-14)11-4-5-15-12(8-11)6-7-24-18(15)27/h1-5,8,10,14H,6-7,9,23H2,(H,24,27). The number of halogens is 3. The summed E-state index contributed by atoms with van der Waals surface area (Å²) < 4.78 is 42.1. The maximum atomic E-state index is 13.6. The van der Waals surface area contributed by atoms with Crippen molar-refractivity contribution in [3.8, 4) is 11.1 Å². The molecule has 0 saturated carbocycles. The first-order valence-electron chi connectivity index (χ1n) is 8.53. The predicted molar refractivity (Wildman–Crippen MR) is 93.8 cm³/mol. The summed E-state index contributed by atoms with van der Waals surface area (Å²) in [7, 11) is 0. The average Bonchev–Trinajstić information content (AvgIpc) is 3.07. The van der Waals surface area contributed by atoms with Crippen LogP contribution in [0.5, 0.6) is 0 Å². The summed E-state index contributed by atoms with van der Waals surface area (Å²) in [6.07, 6.45) is 3.01. The van der Waals surface area contributed by atoms with E-state index < -0.39 is 11.9 Å². The van der Waals surface area contributed by atoms with Crippen LogP contribution in [0.2, 0.25) is 0 Å². The smallest absolute Gasteiger partial charge is 0.402 e. The van der Waals surface area contributed by atoms with Gasteiger partial charge in [0.25, 0.3) is 5.91 Å². The highest BCUT2D eigenvalue weighted by Crippen LogP contribution is 2.38. The Morgan fingerprint density at radius 1 is 1.26 bits per heavy atom. The Bertz CT molecular complexity index is 972. The number of fused-ring (bicyclic) bond motifs is 1. The predicted octanol–water partition coefficient (Wildman–Crippen LogP) is 3.20. The van der Waals surface area contributed by atoms with Crippen LogP contribution in [-0.2, 0) is 12.6 Å². The monoisotopic (exact) mass is 374 g/mol. The molecule has 4 rings (SSSR count). The normalized spacial score (nSPS) is 19.4. The number of carbonyl (C=O) groups is 1. The number of carbonyl (C=O) groups excluding carboxylic acids is 1. The summed E-state index contributed by atoms with van der Waals surface area (Å²) in [4.78, 5) is 11.9. The zero-order valence-electron chi connectivity index (χ0n) is 14.3. The largest absolute Gasteiger partial charge is 0.435 e. The Hall–Kier alpha value is -3.03. The third-order valence-electron chi connectivity index (χ3n) is 4.77. The number of nitrogens with two attached hydrogens (primary N) is 1. The fourth-order valence-electron chi connectivity index (χ4n) is 3.44. The van der Waals surface area contributed by atoms with Crippen molar-refractivity contribution in [2.45, 2.75) is 25.1 Å². The fraction of sp³-hybridized carbons (Fsp3) is 0.263. The molecule has 140 valence electrons. The summed E-state index contributed by atoms with van der Waals surface area (Å²) in [6, 6.07) is 4.38.